The highest BCUT2D eigenvalue weighted by atomic mass is 19.1. The predicted molar refractivity (Wildman–Crippen MR) is 105 cm³/mol. The summed E-state index contributed by atoms with van der Waals surface area (Å²) < 4.78 is 14.9. The molecule has 3 heterocycles. The number of aromatic amines is 1. The monoisotopic (exact) mass is 377 g/mol. The molecule has 0 saturated heterocycles. The zero-order valence-corrected chi connectivity index (χ0v) is 15.4. The molecule has 1 fully saturated rings. The molecular weight excluding hydrogens is 357 g/mol. The van der Waals surface area contributed by atoms with Gasteiger partial charge < -0.3 is 11.1 Å². The van der Waals surface area contributed by atoms with Crippen LogP contribution in [0.2, 0.25) is 0 Å². The standard InChI is InChI=1S/C20H20FN7/c1-11(12-4-6-14(21)7-5-12)23-19-18-15(8-9-28(18)27-20(22)24-19)17-10-16(25-26-17)13-2-3-13/h4-11,13H,2-3H2,1H3,(H,25,26)(H3,22,23,24,27)/t11-/m0/s1. The van der Waals surface area contributed by atoms with E-state index in [0.29, 0.717) is 11.7 Å². The Morgan fingerprint density at radius 1 is 1.25 bits per heavy atom. The molecule has 0 unspecified atom stereocenters. The van der Waals surface area contributed by atoms with Crippen LogP contribution in [0.1, 0.15) is 43.0 Å². The lowest BCUT2D eigenvalue weighted by atomic mass is 10.1. The lowest BCUT2D eigenvalue weighted by Crippen LogP contribution is -2.12. The van der Waals surface area contributed by atoms with Crippen molar-refractivity contribution in [2.45, 2.75) is 31.7 Å². The van der Waals surface area contributed by atoms with Gasteiger partial charge in [0.25, 0.3) is 0 Å². The molecule has 0 amide bonds. The fourth-order valence-electron chi connectivity index (χ4n) is 3.47. The van der Waals surface area contributed by atoms with Gasteiger partial charge in [0, 0.05) is 23.4 Å². The van der Waals surface area contributed by atoms with Gasteiger partial charge in [0.2, 0.25) is 5.95 Å². The summed E-state index contributed by atoms with van der Waals surface area (Å²) in [5, 5.41) is 15.3. The second-order valence-electron chi connectivity index (χ2n) is 7.24. The van der Waals surface area contributed by atoms with E-state index in [9.17, 15) is 4.39 Å². The molecule has 8 heteroatoms. The van der Waals surface area contributed by atoms with Gasteiger partial charge in [-0.25, -0.2) is 8.91 Å². The summed E-state index contributed by atoms with van der Waals surface area (Å²) in [6.45, 7) is 1.99. The second kappa shape index (κ2) is 6.33. The van der Waals surface area contributed by atoms with E-state index in [0.717, 1.165) is 22.3 Å². The first kappa shape index (κ1) is 16.7. The van der Waals surface area contributed by atoms with Gasteiger partial charge in [0.15, 0.2) is 5.82 Å². The number of nitrogens with zero attached hydrogens (tertiary/aromatic N) is 4. The van der Waals surface area contributed by atoms with Crippen LogP contribution in [-0.4, -0.2) is 24.8 Å². The van der Waals surface area contributed by atoms with Gasteiger partial charge in [-0.2, -0.15) is 10.1 Å². The van der Waals surface area contributed by atoms with Crippen molar-refractivity contribution in [3.8, 4) is 11.3 Å². The number of hydrogen-bond donors (Lipinski definition) is 3. The molecule has 0 bridgehead atoms. The Morgan fingerprint density at radius 2 is 2.04 bits per heavy atom. The Hall–Kier alpha value is -3.42. The van der Waals surface area contributed by atoms with Crippen molar-refractivity contribution in [2.24, 2.45) is 0 Å². The van der Waals surface area contributed by atoms with Crippen molar-refractivity contribution >= 4 is 17.3 Å². The molecule has 0 aliphatic heterocycles. The van der Waals surface area contributed by atoms with Crippen molar-refractivity contribution in [1.29, 1.82) is 0 Å². The SMILES string of the molecule is C[C@H](Nc1nc(N)nn2ccc(-c3cc(C4CC4)[nH]n3)c12)c1ccc(F)cc1. The van der Waals surface area contributed by atoms with Crippen LogP contribution in [-0.2, 0) is 0 Å². The summed E-state index contributed by atoms with van der Waals surface area (Å²) >= 11 is 0. The number of H-pyrrole nitrogens is 1. The van der Waals surface area contributed by atoms with E-state index in [-0.39, 0.29) is 17.8 Å². The fourth-order valence-corrected chi connectivity index (χ4v) is 3.47. The number of rotatable bonds is 5. The summed E-state index contributed by atoms with van der Waals surface area (Å²) in [6, 6.07) is 10.4. The molecule has 1 aliphatic carbocycles. The predicted octanol–water partition coefficient (Wildman–Crippen LogP) is 3.89. The van der Waals surface area contributed by atoms with Crippen LogP contribution >= 0.6 is 0 Å². The van der Waals surface area contributed by atoms with Crippen LogP contribution in [0.5, 0.6) is 0 Å². The number of nitrogens with one attached hydrogen (secondary N) is 2. The average molecular weight is 377 g/mol. The number of fused-ring (bicyclic) bond motifs is 1. The van der Waals surface area contributed by atoms with E-state index in [1.807, 2.05) is 19.2 Å². The third-order valence-electron chi connectivity index (χ3n) is 5.14. The van der Waals surface area contributed by atoms with Crippen LogP contribution < -0.4 is 11.1 Å². The molecule has 3 aromatic heterocycles. The van der Waals surface area contributed by atoms with E-state index in [1.54, 1.807) is 16.6 Å². The highest BCUT2D eigenvalue weighted by Gasteiger charge is 2.26. The Kier molecular flexibility index (Phi) is 3.78. The molecule has 0 radical (unpaired) electrons. The summed E-state index contributed by atoms with van der Waals surface area (Å²) in [4.78, 5) is 4.42. The maximum absolute atomic E-state index is 13.2. The van der Waals surface area contributed by atoms with Crippen LogP contribution in [0.4, 0.5) is 16.2 Å². The topological polar surface area (TPSA) is 96.9 Å². The van der Waals surface area contributed by atoms with Gasteiger partial charge in [-0.05, 0) is 49.6 Å². The lowest BCUT2D eigenvalue weighted by Gasteiger charge is -2.16. The van der Waals surface area contributed by atoms with Gasteiger partial charge >= 0.3 is 0 Å². The lowest BCUT2D eigenvalue weighted by molar-refractivity contribution is 0.626. The van der Waals surface area contributed by atoms with E-state index in [4.69, 9.17) is 5.73 Å². The minimum atomic E-state index is -0.261. The molecule has 7 nitrogen and oxygen atoms in total. The fraction of sp³-hybridized carbons (Fsp3) is 0.250. The van der Waals surface area contributed by atoms with Crippen LogP contribution in [0.25, 0.3) is 16.8 Å². The average Bonchev–Trinajstić information content (AvgIpc) is 3.25. The van der Waals surface area contributed by atoms with E-state index >= 15 is 0 Å². The first-order valence-corrected chi connectivity index (χ1v) is 9.31. The second-order valence-corrected chi connectivity index (χ2v) is 7.24. The third-order valence-corrected chi connectivity index (χ3v) is 5.14. The molecule has 5 rings (SSSR count). The highest BCUT2D eigenvalue weighted by Crippen LogP contribution is 2.40. The molecule has 142 valence electrons. The molecule has 4 N–H and O–H groups in total. The summed E-state index contributed by atoms with van der Waals surface area (Å²) in [5.74, 6) is 1.12. The van der Waals surface area contributed by atoms with Crippen molar-refractivity contribution in [3.05, 3.63) is 59.7 Å². The maximum Gasteiger partial charge on any atom is 0.240 e. The van der Waals surface area contributed by atoms with E-state index in [1.165, 1.54) is 30.7 Å². The highest BCUT2D eigenvalue weighted by molar-refractivity contribution is 5.87. The summed E-state index contributed by atoms with van der Waals surface area (Å²) in [7, 11) is 0. The summed E-state index contributed by atoms with van der Waals surface area (Å²) in [6.07, 6.45) is 4.27. The molecule has 4 aromatic rings. The zero-order valence-electron chi connectivity index (χ0n) is 15.4. The number of benzene rings is 1. The number of halogens is 1. The normalized spacial score (nSPS) is 15.1. The summed E-state index contributed by atoms with van der Waals surface area (Å²) in [5.41, 5.74) is 10.6. The largest absolute Gasteiger partial charge is 0.366 e. The number of nitrogen functional groups attached to an aromatic ring is 1. The number of anilines is 2. The minimum Gasteiger partial charge on any atom is -0.366 e. The van der Waals surface area contributed by atoms with Crippen LogP contribution in [0.3, 0.4) is 0 Å². The van der Waals surface area contributed by atoms with Gasteiger partial charge in [0.1, 0.15) is 11.3 Å². The van der Waals surface area contributed by atoms with Crippen molar-refractivity contribution in [3.63, 3.8) is 0 Å². The van der Waals surface area contributed by atoms with Gasteiger partial charge in [0.05, 0.1) is 11.7 Å². The van der Waals surface area contributed by atoms with Gasteiger partial charge in [-0.1, -0.05) is 12.1 Å². The Labute approximate surface area is 160 Å². The van der Waals surface area contributed by atoms with Gasteiger partial charge in [-0.15, -0.1) is 5.10 Å². The Balaban J connectivity index is 1.55. The molecule has 1 aromatic carbocycles. The Morgan fingerprint density at radius 3 is 2.79 bits per heavy atom. The van der Waals surface area contributed by atoms with Crippen molar-refractivity contribution < 1.29 is 4.39 Å². The quantitative estimate of drug-likeness (QED) is 0.490. The third kappa shape index (κ3) is 2.96. The number of nitrogens with two attached hydrogens (primary N) is 1. The molecule has 0 spiro atoms. The number of aromatic nitrogens is 5. The minimum absolute atomic E-state index is 0.0948. The van der Waals surface area contributed by atoms with Crippen molar-refractivity contribution in [2.75, 3.05) is 11.1 Å². The van der Waals surface area contributed by atoms with Crippen LogP contribution in [0.15, 0.2) is 42.6 Å². The van der Waals surface area contributed by atoms with Crippen molar-refractivity contribution in [1.82, 2.24) is 24.8 Å². The Bertz CT molecular complexity index is 1140. The first-order chi connectivity index (χ1) is 13.6. The number of hydrogen-bond acceptors (Lipinski definition) is 5. The molecule has 1 atom stereocenters. The van der Waals surface area contributed by atoms with E-state index < -0.39 is 0 Å². The first-order valence-electron chi connectivity index (χ1n) is 9.31. The molecular formula is C20H20FN7. The molecule has 1 saturated carbocycles. The van der Waals surface area contributed by atoms with Crippen LogP contribution in [0, 0.1) is 5.82 Å². The molecule has 28 heavy (non-hydrogen) atoms. The smallest absolute Gasteiger partial charge is 0.240 e. The van der Waals surface area contributed by atoms with E-state index in [2.05, 4.69) is 31.7 Å². The zero-order chi connectivity index (χ0) is 19.3. The maximum atomic E-state index is 13.2. The van der Waals surface area contributed by atoms with Gasteiger partial charge in [-0.3, -0.25) is 5.10 Å². The molecule has 1 aliphatic rings.